The molecular formula is C34H51N3O3. The molecule has 5 aliphatic rings. The third-order valence-corrected chi connectivity index (χ3v) is 11.4. The molecule has 1 saturated carbocycles. The van der Waals surface area contributed by atoms with Crippen LogP contribution in [0.15, 0.2) is 24.3 Å². The van der Waals surface area contributed by atoms with Crippen molar-refractivity contribution in [1.29, 1.82) is 0 Å². The Morgan fingerprint density at radius 3 is 2.33 bits per heavy atom. The maximum Gasteiger partial charge on any atom is 0.410 e. The van der Waals surface area contributed by atoms with E-state index in [1.807, 2.05) is 6.92 Å². The molecule has 0 radical (unpaired) electrons. The normalized spacial score (nSPS) is 30.2. The van der Waals surface area contributed by atoms with E-state index in [1.165, 1.54) is 49.7 Å². The van der Waals surface area contributed by atoms with Crippen molar-refractivity contribution in [2.45, 2.75) is 134 Å². The maximum atomic E-state index is 14.0. The Labute approximate surface area is 241 Å². The summed E-state index contributed by atoms with van der Waals surface area (Å²) in [5, 5.41) is 0. The lowest BCUT2D eigenvalue weighted by Crippen LogP contribution is -2.56. The molecule has 220 valence electrons. The Balaban J connectivity index is 1.18. The molecule has 0 aromatic heterocycles. The van der Waals surface area contributed by atoms with Gasteiger partial charge >= 0.3 is 6.09 Å². The Morgan fingerprint density at radius 1 is 0.875 bits per heavy atom. The van der Waals surface area contributed by atoms with Gasteiger partial charge in [0.2, 0.25) is 5.91 Å². The second-order valence-electron chi connectivity index (χ2n) is 13.9. The quantitative estimate of drug-likeness (QED) is 0.423. The van der Waals surface area contributed by atoms with Crippen molar-refractivity contribution in [3.8, 4) is 0 Å². The number of fused-ring (bicyclic) bond motifs is 4. The second kappa shape index (κ2) is 11.7. The highest BCUT2D eigenvalue weighted by Crippen LogP contribution is 2.46. The van der Waals surface area contributed by atoms with Crippen molar-refractivity contribution in [3.63, 3.8) is 0 Å². The third-order valence-electron chi connectivity index (χ3n) is 11.4. The lowest BCUT2D eigenvalue weighted by Gasteiger charge is -2.51. The van der Waals surface area contributed by atoms with Gasteiger partial charge in [0.1, 0.15) is 0 Å². The van der Waals surface area contributed by atoms with Crippen molar-refractivity contribution in [3.05, 3.63) is 35.4 Å². The summed E-state index contributed by atoms with van der Waals surface area (Å²) in [6.07, 6.45) is 15.8. The van der Waals surface area contributed by atoms with E-state index in [1.54, 1.807) is 0 Å². The lowest BCUT2D eigenvalue weighted by molar-refractivity contribution is -0.146. The summed E-state index contributed by atoms with van der Waals surface area (Å²) in [6.45, 7) is 8.40. The summed E-state index contributed by atoms with van der Waals surface area (Å²) >= 11 is 0. The van der Waals surface area contributed by atoms with E-state index in [0.717, 1.165) is 77.5 Å². The zero-order valence-corrected chi connectivity index (χ0v) is 25.0. The molecule has 1 aromatic rings. The van der Waals surface area contributed by atoms with Crippen LogP contribution in [-0.4, -0.2) is 71.1 Å². The number of likely N-dealkylation sites (tertiary alicyclic amines) is 1. The first-order chi connectivity index (χ1) is 19.4. The summed E-state index contributed by atoms with van der Waals surface area (Å²) in [5.41, 5.74) is 2.73. The molecule has 2 bridgehead atoms. The van der Waals surface area contributed by atoms with E-state index in [2.05, 4.69) is 45.9 Å². The zero-order chi connectivity index (χ0) is 27.7. The fourth-order valence-corrected chi connectivity index (χ4v) is 9.20. The molecule has 1 aliphatic carbocycles. The van der Waals surface area contributed by atoms with Gasteiger partial charge in [-0.3, -0.25) is 4.79 Å². The Morgan fingerprint density at radius 2 is 1.57 bits per heavy atom. The molecule has 6 heteroatoms. The van der Waals surface area contributed by atoms with E-state index < -0.39 is 0 Å². The van der Waals surface area contributed by atoms with Crippen LogP contribution < -0.4 is 0 Å². The number of ether oxygens (including phenoxy) is 1. The van der Waals surface area contributed by atoms with Gasteiger partial charge in [0.05, 0.1) is 6.61 Å². The number of amides is 2. The molecule has 0 N–H and O–H groups in total. The van der Waals surface area contributed by atoms with Crippen molar-refractivity contribution in [2.75, 3.05) is 26.2 Å². The van der Waals surface area contributed by atoms with Gasteiger partial charge in [-0.1, -0.05) is 63.3 Å². The van der Waals surface area contributed by atoms with Gasteiger partial charge < -0.3 is 19.4 Å². The van der Waals surface area contributed by atoms with Crippen LogP contribution in [0.3, 0.4) is 0 Å². The van der Waals surface area contributed by atoms with Crippen molar-refractivity contribution < 1.29 is 14.3 Å². The number of carbonyl (C=O) groups excluding carboxylic acids is 2. The minimum Gasteiger partial charge on any atom is -0.450 e. The van der Waals surface area contributed by atoms with Gasteiger partial charge in [-0.15, -0.1) is 0 Å². The number of carbonyl (C=O) groups is 2. The van der Waals surface area contributed by atoms with Crippen LogP contribution in [0.5, 0.6) is 0 Å². The van der Waals surface area contributed by atoms with Crippen LogP contribution in [0.4, 0.5) is 4.79 Å². The first-order valence-electron chi connectivity index (χ1n) is 16.5. The van der Waals surface area contributed by atoms with Gasteiger partial charge in [0.15, 0.2) is 0 Å². The molecule has 3 atom stereocenters. The van der Waals surface area contributed by atoms with Crippen molar-refractivity contribution in [1.82, 2.24) is 14.7 Å². The Bertz CT molecular complexity index is 1060. The van der Waals surface area contributed by atoms with E-state index in [4.69, 9.17) is 4.74 Å². The van der Waals surface area contributed by atoms with Gasteiger partial charge in [-0.25, -0.2) is 4.79 Å². The molecule has 4 heterocycles. The molecule has 40 heavy (non-hydrogen) atoms. The lowest BCUT2D eigenvalue weighted by atomic mass is 9.67. The second-order valence-corrected chi connectivity index (χ2v) is 13.9. The molecule has 2 amide bonds. The summed E-state index contributed by atoms with van der Waals surface area (Å²) < 4.78 is 5.54. The number of piperidine rings is 1. The van der Waals surface area contributed by atoms with E-state index in [0.29, 0.717) is 30.6 Å². The summed E-state index contributed by atoms with van der Waals surface area (Å²) in [6, 6.07) is 10.1. The summed E-state index contributed by atoms with van der Waals surface area (Å²) in [7, 11) is 0. The molecule has 1 spiro atoms. The minimum absolute atomic E-state index is 0.0566. The molecule has 4 fully saturated rings. The number of rotatable bonds is 3. The first kappa shape index (κ1) is 28.1. The Kier molecular flexibility index (Phi) is 8.18. The monoisotopic (exact) mass is 549 g/mol. The summed E-state index contributed by atoms with van der Waals surface area (Å²) in [4.78, 5) is 34.1. The number of benzene rings is 1. The van der Waals surface area contributed by atoms with Gasteiger partial charge in [-0.2, -0.15) is 0 Å². The summed E-state index contributed by atoms with van der Waals surface area (Å²) in [5.74, 6) is 0.398. The molecule has 3 saturated heterocycles. The molecule has 1 aromatic carbocycles. The zero-order valence-electron chi connectivity index (χ0n) is 25.0. The average Bonchev–Trinajstić information content (AvgIpc) is 3.29. The number of hydrogen-bond donors (Lipinski definition) is 0. The highest BCUT2D eigenvalue weighted by atomic mass is 16.6. The van der Waals surface area contributed by atoms with Crippen LogP contribution in [0.25, 0.3) is 0 Å². The fraction of sp³-hybridized carbons (Fsp3) is 0.765. The van der Waals surface area contributed by atoms with E-state index in [-0.39, 0.29) is 16.9 Å². The highest BCUT2D eigenvalue weighted by Gasteiger charge is 2.48. The standard InChI is InChI=1S/C34H51N3O3/c1-3-40-32(39)37-27-12-6-7-13-29(37)23-28(16-15-27)35-21-19-34(20-22-35)25-36(24-26-11-5-8-14-30(26)34)31(38)33(2)17-9-4-10-18-33/h5,8,11,14,27-29H,3-4,6-7,9-10,12-13,15-25H2,1-2H3. The molecule has 6 nitrogen and oxygen atoms in total. The number of hydrogen-bond acceptors (Lipinski definition) is 4. The van der Waals surface area contributed by atoms with Crippen molar-refractivity contribution >= 4 is 12.0 Å². The molecule has 6 rings (SSSR count). The molecule has 3 unspecified atom stereocenters. The van der Waals surface area contributed by atoms with Gasteiger partial charge in [-0.05, 0) is 88.9 Å². The molecule has 4 aliphatic heterocycles. The van der Waals surface area contributed by atoms with Gasteiger partial charge in [0, 0.05) is 42.0 Å². The predicted molar refractivity (Wildman–Crippen MR) is 158 cm³/mol. The van der Waals surface area contributed by atoms with Crippen LogP contribution in [0.1, 0.15) is 115 Å². The largest absolute Gasteiger partial charge is 0.450 e. The van der Waals surface area contributed by atoms with Crippen LogP contribution >= 0.6 is 0 Å². The Hall–Kier alpha value is -2.08. The topological polar surface area (TPSA) is 53.1 Å². The first-order valence-corrected chi connectivity index (χ1v) is 16.5. The predicted octanol–water partition coefficient (Wildman–Crippen LogP) is 6.66. The third kappa shape index (κ3) is 5.30. The average molecular weight is 550 g/mol. The smallest absolute Gasteiger partial charge is 0.410 e. The molecular weight excluding hydrogens is 498 g/mol. The van der Waals surface area contributed by atoms with E-state index in [9.17, 15) is 9.59 Å². The SMILES string of the molecule is CCOC(=O)N1C2CCCCC1CC(N1CCC3(CC1)CN(C(=O)C1(C)CCCCC1)Cc1ccccc13)CC2. The van der Waals surface area contributed by atoms with Crippen LogP contribution in [0, 0.1) is 5.41 Å². The van der Waals surface area contributed by atoms with Crippen molar-refractivity contribution in [2.24, 2.45) is 5.41 Å². The van der Waals surface area contributed by atoms with Crippen LogP contribution in [0.2, 0.25) is 0 Å². The minimum atomic E-state index is -0.186. The van der Waals surface area contributed by atoms with Gasteiger partial charge in [0.25, 0.3) is 0 Å². The van der Waals surface area contributed by atoms with Crippen LogP contribution in [-0.2, 0) is 21.5 Å². The number of nitrogens with zero attached hydrogens (tertiary/aromatic N) is 3. The maximum absolute atomic E-state index is 14.0. The van der Waals surface area contributed by atoms with E-state index >= 15 is 0 Å². The fourth-order valence-electron chi connectivity index (χ4n) is 9.20. The highest BCUT2D eigenvalue weighted by molar-refractivity contribution is 5.83.